The topological polar surface area (TPSA) is 109 Å². The van der Waals surface area contributed by atoms with Gasteiger partial charge in [-0.25, -0.2) is 9.50 Å². The molecule has 2 heterocycles. The van der Waals surface area contributed by atoms with Crippen LogP contribution in [-0.4, -0.2) is 47.6 Å². The van der Waals surface area contributed by atoms with Crippen LogP contribution in [0.2, 0.25) is 0 Å². The normalized spacial score (nSPS) is 10.0. The van der Waals surface area contributed by atoms with Gasteiger partial charge in [0.2, 0.25) is 0 Å². The van der Waals surface area contributed by atoms with E-state index in [9.17, 15) is 9.59 Å². The number of methoxy groups -OCH3 is 2. The summed E-state index contributed by atoms with van der Waals surface area (Å²) in [6.07, 6.45) is 2.05. The molecule has 2 aromatic rings. The lowest BCUT2D eigenvalue weighted by molar-refractivity contribution is 0.0996. The van der Waals surface area contributed by atoms with E-state index in [2.05, 4.69) is 14.8 Å². The lowest BCUT2D eigenvalue weighted by Gasteiger charge is -1.96. The highest BCUT2D eigenvalue weighted by Crippen LogP contribution is 2.15. The molecule has 0 spiro atoms. The van der Waals surface area contributed by atoms with Gasteiger partial charge in [-0.15, -0.1) is 0 Å². The summed E-state index contributed by atoms with van der Waals surface area (Å²) in [4.78, 5) is 26.2. The molecule has 0 aliphatic carbocycles. The van der Waals surface area contributed by atoms with Gasteiger partial charge in [0.25, 0.3) is 5.91 Å². The van der Waals surface area contributed by atoms with Crippen molar-refractivity contribution in [2.24, 2.45) is 5.73 Å². The molecular formula is C13H18N4O4. The molecule has 0 aromatic carbocycles. The minimum Gasteiger partial charge on any atom is -0.385 e. The molecule has 0 saturated heterocycles. The third-order valence-electron chi connectivity index (χ3n) is 2.56. The number of ether oxygens (including phenoxy) is 2. The van der Waals surface area contributed by atoms with Crippen molar-refractivity contribution in [1.29, 1.82) is 0 Å². The molecule has 2 N–H and O–H groups in total. The van der Waals surface area contributed by atoms with Gasteiger partial charge < -0.3 is 15.2 Å². The van der Waals surface area contributed by atoms with Crippen molar-refractivity contribution in [3.63, 3.8) is 0 Å². The summed E-state index contributed by atoms with van der Waals surface area (Å²) in [5, 5.41) is 4.09. The molecule has 0 saturated carbocycles. The molecular weight excluding hydrogens is 276 g/mol. The van der Waals surface area contributed by atoms with Crippen molar-refractivity contribution in [3.8, 4) is 0 Å². The summed E-state index contributed by atoms with van der Waals surface area (Å²) in [5.74, 6) is -0.650. The average Bonchev–Trinajstić information content (AvgIpc) is 2.85. The Morgan fingerprint density at radius 1 is 1.43 bits per heavy atom. The Morgan fingerprint density at radius 3 is 2.57 bits per heavy atom. The van der Waals surface area contributed by atoms with Gasteiger partial charge in [0.05, 0.1) is 6.61 Å². The third-order valence-corrected chi connectivity index (χ3v) is 2.56. The maximum absolute atomic E-state index is 11.4. The molecule has 0 unspecified atom stereocenters. The van der Waals surface area contributed by atoms with E-state index in [0.29, 0.717) is 17.7 Å². The molecule has 1 amide bonds. The van der Waals surface area contributed by atoms with Crippen molar-refractivity contribution in [2.45, 2.75) is 13.5 Å². The predicted octanol–water partition coefficient (Wildman–Crippen LogP) is 0.440. The maximum Gasteiger partial charge on any atom is 0.254 e. The van der Waals surface area contributed by atoms with Crippen LogP contribution < -0.4 is 5.73 Å². The van der Waals surface area contributed by atoms with Crippen LogP contribution in [-0.2, 0) is 16.1 Å². The van der Waals surface area contributed by atoms with E-state index in [0.717, 1.165) is 6.61 Å². The molecule has 0 fully saturated rings. The highest BCUT2D eigenvalue weighted by Gasteiger charge is 2.19. The van der Waals surface area contributed by atoms with Gasteiger partial charge in [0, 0.05) is 27.0 Å². The van der Waals surface area contributed by atoms with Crippen LogP contribution in [0.1, 0.15) is 33.5 Å². The van der Waals surface area contributed by atoms with Gasteiger partial charge in [-0.3, -0.25) is 9.59 Å². The second-order valence-electron chi connectivity index (χ2n) is 3.92. The fourth-order valence-corrected chi connectivity index (χ4v) is 1.59. The standard InChI is InChI=1S/C10H10N4O3.C3H8O/c1-17-5-7-8(9(11)16)10-12-3-2-6(4-15)14(10)13-7;1-3-4-2/h2-4H,5H2,1H3,(H2,11,16);3H2,1-2H3. The van der Waals surface area contributed by atoms with Crippen LogP contribution in [0, 0.1) is 0 Å². The van der Waals surface area contributed by atoms with Crippen LogP contribution in [0.3, 0.4) is 0 Å². The zero-order chi connectivity index (χ0) is 15.8. The van der Waals surface area contributed by atoms with E-state index in [-0.39, 0.29) is 17.8 Å². The van der Waals surface area contributed by atoms with Crippen molar-refractivity contribution in [2.75, 3.05) is 20.8 Å². The van der Waals surface area contributed by atoms with E-state index in [1.165, 1.54) is 23.9 Å². The monoisotopic (exact) mass is 294 g/mol. The first kappa shape index (κ1) is 16.7. The number of rotatable bonds is 5. The molecule has 114 valence electrons. The fraction of sp³-hybridized carbons (Fsp3) is 0.385. The Bertz CT molecular complexity index is 622. The van der Waals surface area contributed by atoms with Crippen LogP contribution in [0.4, 0.5) is 0 Å². The first-order valence-electron chi connectivity index (χ1n) is 6.20. The predicted molar refractivity (Wildman–Crippen MR) is 75.2 cm³/mol. The van der Waals surface area contributed by atoms with Crippen LogP contribution in [0.5, 0.6) is 0 Å². The second-order valence-corrected chi connectivity index (χ2v) is 3.92. The average molecular weight is 294 g/mol. The highest BCUT2D eigenvalue weighted by molar-refractivity contribution is 6.00. The maximum atomic E-state index is 11.4. The lowest BCUT2D eigenvalue weighted by Crippen LogP contribution is -2.13. The summed E-state index contributed by atoms with van der Waals surface area (Å²) in [6, 6.07) is 1.49. The number of hydrogen-bond acceptors (Lipinski definition) is 6. The van der Waals surface area contributed by atoms with Crippen LogP contribution in [0.25, 0.3) is 5.65 Å². The van der Waals surface area contributed by atoms with Gasteiger partial charge in [-0.1, -0.05) is 0 Å². The summed E-state index contributed by atoms with van der Waals surface area (Å²) in [6.45, 7) is 2.90. The Morgan fingerprint density at radius 2 is 2.10 bits per heavy atom. The number of fused-ring (bicyclic) bond motifs is 1. The number of nitrogens with two attached hydrogens (primary N) is 1. The van der Waals surface area contributed by atoms with Crippen LogP contribution in [0.15, 0.2) is 12.3 Å². The van der Waals surface area contributed by atoms with Crippen molar-refractivity contribution in [3.05, 3.63) is 29.2 Å². The Labute approximate surface area is 121 Å². The smallest absolute Gasteiger partial charge is 0.254 e. The number of amides is 1. The lowest BCUT2D eigenvalue weighted by atomic mass is 10.2. The molecule has 8 nitrogen and oxygen atoms in total. The van der Waals surface area contributed by atoms with Gasteiger partial charge in [-0.2, -0.15) is 5.10 Å². The van der Waals surface area contributed by atoms with Crippen molar-refractivity contribution < 1.29 is 19.1 Å². The van der Waals surface area contributed by atoms with E-state index in [1.54, 1.807) is 7.11 Å². The van der Waals surface area contributed by atoms with Crippen molar-refractivity contribution in [1.82, 2.24) is 14.6 Å². The second kappa shape index (κ2) is 8.08. The summed E-state index contributed by atoms with van der Waals surface area (Å²) >= 11 is 0. The number of hydrogen-bond donors (Lipinski definition) is 1. The molecule has 0 bridgehead atoms. The SMILES string of the molecule is CCOC.COCc1nn2c(C=O)ccnc2c1C(N)=O. The Hall–Kier alpha value is -2.32. The zero-order valence-electron chi connectivity index (χ0n) is 12.2. The van der Waals surface area contributed by atoms with Gasteiger partial charge in [-0.05, 0) is 13.0 Å². The summed E-state index contributed by atoms with van der Waals surface area (Å²) in [5.41, 5.74) is 6.36. The molecule has 2 aromatic heterocycles. The van der Waals surface area contributed by atoms with Crippen molar-refractivity contribution >= 4 is 17.8 Å². The van der Waals surface area contributed by atoms with E-state index in [4.69, 9.17) is 10.5 Å². The van der Waals surface area contributed by atoms with E-state index < -0.39 is 5.91 Å². The molecule has 21 heavy (non-hydrogen) atoms. The molecule has 2 rings (SSSR count). The molecule has 0 aliphatic rings. The fourth-order valence-electron chi connectivity index (χ4n) is 1.59. The largest absolute Gasteiger partial charge is 0.385 e. The third kappa shape index (κ3) is 3.83. The first-order chi connectivity index (χ1) is 10.1. The number of carbonyl (C=O) groups is 2. The van der Waals surface area contributed by atoms with Gasteiger partial charge >= 0.3 is 0 Å². The molecule has 8 heteroatoms. The minimum atomic E-state index is -0.650. The number of aldehydes is 1. The summed E-state index contributed by atoms with van der Waals surface area (Å²) in [7, 11) is 3.16. The molecule has 0 atom stereocenters. The van der Waals surface area contributed by atoms with E-state index in [1.807, 2.05) is 6.92 Å². The first-order valence-corrected chi connectivity index (χ1v) is 6.20. The number of carbonyl (C=O) groups excluding carboxylic acids is 2. The zero-order valence-corrected chi connectivity index (χ0v) is 12.2. The Kier molecular flexibility index (Phi) is 6.44. The Balaban J connectivity index is 0.000000491. The van der Waals surface area contributed by atoms with Crippen LogP contribution >= 0.6 is 0 Å². The quantitative estimate of drug-likeness (QED) is 0.801. The molecule has 0 radical (unpaired) electrons. The number of primary amides is 1. The van der Waals surface area contributed by atoms with E-state index >= 15 is 0 Å². The number of nitrogens with zero attached hydrogens (tertiary/aromatic N) is 3. The number of aromatic nitrogens is 3. The highest BCUT2D eigenvalue weighted by atomic mass is 16.5. The van der Waals surface area contributed by atoms with Gasteiger partial charge in [0.15, 0.2) is 11.9 Å². The van der Waals surface area contributed by atoms with Gasteiger partial charge in [0.1, 0.15) is 17.0 Å². The molecule has 0 aliphatic heterocycles. The minimum absolute atomic E-state index is 0.125. The summed E-state index contributed by atoms with van der Waals surface area (Å²) < 4.78 is 10.7.